The van der Waals surface area contributed by atoms with Gasteiger partial charge in [0.2, 0.25) is 0 Å². The van der Waals surface area contributed by atoms with E-state index in [1.54, 1.807) is 0 Å². The van der Waals surface area contributed by atoms with Crippen molar-refractivity contribution < 1.29 is 13.2 Å². The van der Waals surface area contributed by atoms with Crippen LogP contribution in [0.25, 0.3) is 0 Å². The minimum absolute atomic E-state index is 0.150. The fourth-order valence-electron chi connectivity index (χ4n) is 2.16. The van der Waals surface area contributed by atoms with Crippen LogP contribution in [0, 0.1) is 17.5 Å². The highest BCUT2D eigenvalue weighted by Crippen LogP contribution is 2.31. The summed E-state index contributed by atoms with van der Waals surface area (Å²) in [6.45, 7) is 2.55. The predicted octanol–water partition coefficient (Wildman–Crippen LogP) is 4.85. The largest absolute Gasteiger partial charge is 0.306 e. The Morgan fingerprint density at radius 2 is 1.86 bits per heavy atom. The zero-order valence-electron chi connectivity index (χ0n) is 11.5. The van der Waals surface area contributed by atoms with Crippen LogP contribution < -0.4 is 5.32 Å². The molecule has 0 aliphatic heterocycles. The van der Waals surface area contributed by atoms with Crippen molar-refractivity contribution in [1.29, 1.82) is 0 Å². The summed E-state index contributed by atoms with van der Waals surface area (Å²) < 4.78 is 40.7. The highest BCUT2D eigenvalue weighted by atomic mass is 35.5. The van der Waals surface area contributed by atoms with E-state index in [1.165, 1.54) is 24.3 Å². The zero-order chi connectivity index (χ0) is 15.4. The fourth-order valence-corrected chi connectivity index (χ4v) is 2.43. The normalized spacial score (nSPS) is 12.4. The molecule has 0 radical (unpaired) electrons. The summed E-state index contributed by atoms with van der Waals surface area (Å²) in [5.41, 5.74) is 0.660. The minimum atomic E-state index is -0.925. The lowest BCUT2D eigenvalue weighted by Crippen LogP contribution is -2.24. The minimum Gasteiger partial charge on any atom is -0.306 e. The lowest BCUT2D eigenvalue weighted by molar-refractivity contribution is 0.480. The summed E-state index contributed by atoms with van der Waals surface area (Å²) in [6.07, 6.45) is 0.812. The van der Waals surface area contributed by atoms with Crippen molar-refractivity contribution in [2.45, 2.75) is 19.4 Å². The number of hydrogen-bond acceptors (Lipinski definition) is 1. The van der Waals surface area contributed by atoms with Gasteiger partial charge in [-0.1, -0.05) is 36.7 Å². The summed E-state index contributed by atoms with van der Waals surface area (Å²) >= 11 is 6.05. The topological polar surface area (TPSA) is 12.0 Å². The molecular weight excluding hydrogens is 299 g/mol. The standard InChI is InChI=1S/C16H15ClF3N/c1-2-8-21-16(11-7-6-10(18)9-13(11)17)12-4-3-5-14(19)15(12)20/h3-7,9,16,21H,2,8H2,1H3. The van der Waals surface area contributed by atoms with Crippen molar-refractivity contribution in [2.75, 3.05) is 6.54 Å². The van der Waals surface area contributed by atoms with Crippen LogP contribution >= 0.6 is 11.6 Å². The van der Waals surface area contributed by atoms with Gasteiger partial charge in [0, 0.05) is 10.6 Å². The van der Waals surface area contributed by atoms with E-state index in [1.807, 2.05) is 6.92 Å². The average molecular weight is 314 g/mol. The number of benzene rings is 2. The molecule has 0 aliphatic carbocycles. The molecule has 112 valence electrons. The fraction of sp³-hybridized carbons (Fsp3) is 0.250. The second-order valence-electron chi connectivity index (χ2n) is 4.70. The Labute approximate surface area is 126 Å². The molecule has 1 atom stereocenters. The third-order valence-electron chi connectivity index (χ3n) is 3.16. The van der Waals surface area contributed by atoms with Gasteiger partial charge in [0.1, 0.15) is 5.82 Å². The van der Waals surface area contributed by atoms with E-state index in [0.717, 1.165) is 18.6 Å². The number of rotatable bonds is 5. The maximum atomic E-state index is 14.0. The Balaban J connectivity index is 2.49. The van der Waals surface area contributed by atoms with E-state index in [0.29, 0.717) is 12.1 Å². The molecule has 0 aliphatic rings. The third-order valence-corrected chi connectivity index (χ3v) is 3.49. The SMILES string of the molecule is CCCNC(c1ccc(F)cc1Cl)c1cccc(F)c1F. The number of hydrogen-bond donors (Lipinski definition) is 1. The summed E-state index contributed by atoms with van der Waals surface area (Å²) in [5, 5.41) is 3.29. The summed E-state index contributed by atoms with van der Waals surface area (Å²) in [7, 11) is 0. The van der Waals surface area contributed by atoms with Gasteiger partial charge in [-0.2, -0.15) is 0 Å². The first kappa shape index (κ1) is 15.9. The Bertz CT molecular complexity index is 631. The van der Waals surface area contributed by atoms with Crippen molar-refractivity contribution >= 4 is 11.6 Å². The molecule has 2 aromatic carbocycles. The molecule has 0 amide bonds. The molecule has 2 rings (SSSR count). The van der Waals surface area contributed by atoms with Gasteiger partial charge in [0.05, 0.1) is 6.04 Å². The van der Waals surface area contributed by atoms with Crippen molar-refractivity contribution in [3.8, 4) is 0 Å². The predicted molar refractivity (Wildman–Crippen MR) is 77.9 cm³/mol. The first-order valence-corrected chi connectivity index (χ1v) is 7.04. The number of nitrogens with one attached hydrogen (secondary N) is 1. The lowest BCUT2D eigenvalue weighted by atomic mass is 9.97. The van der Waals surface area contributed by atoms with Crippen molar-refractivity contribution in [3.63, 3.8) is 0 Å². The van der Waals surface area contributed by atoms with Crippen LogP contribution in [0.4, 0.5) is 13.2 Å². The van der Waals surface area contributed by atoms with Gasteiger partial charge >= 0.3 is 0 Å². The second kappa shape index (κ2) is 6.96. The monoisotopic (exact) mass is 313 g/mol. The molecule has 1 nitrogen and oxygen atoms in total. The van der Waals surface area contributed by atoms with Crippen LogP contribution in [0.3, 0.4) is 0 Å². The molecular formula is C16H15ClF3N. The Kier molecular flexibility index (Phi) is 5.26. The Morgan fingerprint density at radius 1 is 1.10 bits per heavy atom. The summed E-state index contributed by atoms with van der Waals surface area (Å²) in [5.74, 6) is -2.32. The van der Waals surface area contributed by atoms with Gasteiger partial charge in [0.15, 0.2) is 11.6 Å². The molecule has 0 bridgehead atoms. The molecule has 0 heterocycles. The maximum absolute atomic E-state index is 14.0. The summed E-state index contributed by atoms with van der Waals surface area (Å²) in [4.78, 5) is 0. The van der Waals surface area contributed by atoms with Crippen molar-refractivity contribution in [1.82, 2.24) is 5.32 Å². The van der Waals surface area contributed by atoms with E-state index in [9.17, 15) is 13.2 Å². The van der Waals surface area contributed by atoms with Gasteiger partial charge in [-0.3, -0.25) is 0 Å². The van der Waals surface area contributed by atoms with Crippen LogP contribution in [-0.4, -0.2) is 6.54 Å². The zero-order valence-corrected chi connectivity index (χ0v) is 12.2. The molecule has 21 heavy (non-hydrogen) atoms. The number of halogens is 4. The van der Waals surface area contributed by atoms with Crippen LogP contribution in [0.15, 0.2) is 36.4 Å². The molecule has 0 saturated carbocycles. The smallest absolute Gasteiger partial charge is 0.163 e. The van der Waals surface area contributed by atoms with Gasteiger partial charge in [-0.15, -0.1) is 0 Å². The van der Waals surface area contributed by atoms with E-state index >= 15 is 0 Å². The molecule has 5 heteroatoms. The van der Waals surface area contributed by atoms with Crippen LogP contribution in [0.5, 0.6) is 0 Å². The third kappa shape index (κ3) is 3.57. The summed E-state index contributed by atoms with van der Waals surface area (Å²) in [6, 6.07) is 7.25. The van der Waals surface area contributed by atoms with Crippen molar-refractivity contribution in [2.24, 2.45) is 0 Å². The van der Waals surface area contributed by atoms with Crippen molar-refractivity contribution in [3.05, 3.63) is 70.0 Å². The van der Waals surface area contributed by atoms with E-state index < -0.39 is 23.5 Å². The lowest BCUT2D eigenvalue weighted by Gasteiger charge is -2.21. The quantitative estimate of drug-likeness (QED) is 0.832. The average Bonchev–Trinajstić information content (AvgIpc) is 2.45. The van der Waals surface area contributed by atoms with E-state index in [-0.39, 0.29) is 10.6 Å². The Hall–Kier alpha value is -1.52. The van der Waals surface area contributed by atoms with Crippen LogP contribution in [0.2, 0.25) is 5.02 Å². The molecule has 2 aromatic rings. The molecule has 0 aromatic heterocycles. The molecule has 1 unspecified atom stereocenters. The molecule has 0 fully saturated rings. The van der Waals surface area contributed by atoms with Gasteiger partial charge in [-0.25, -0.2) is 13.2 Å². The van der Waals surface area contributed by atoms with Gasteiger partial charge < -0.3 is 5.32 Å². The first-order chi connectivity index (χ1) is 10.0. The highest BCUT2D eigenvalue weighted by molar-refractivity contribution is 6.31. The molecule has 0 spiro atoms. The first-order valence-electron chi connectivity index (χ1n) is 6.66. The van der Waals surface area contributed by atoms with E-state index in [4.69, 9.17) is 11.6 Å². The Morgan fingerprint density at radius 3 is 2.52 bits per heavy atom. The van der Waals surface area contributed by atoms with Gasteiger partial charge in [-0.05, 0) is 36.7 Å². The highest BCUT2D eigenvalue weighted by Gasteiger charge is 2.21. The maximum Gasteiger partial charge on any atom is 0.163 e. The van der Waals surface area contributed by atoms with Crippen LogP contribution in [-0.2, 0) is 0 Å². The molecule has 1 N–H and O–H groups in total. The van der Waals surface area contributed by atoms with Gasteiger partial charge in [0.25, 0.3) is 0 Å². The van der Waals surface area contributed by atoms with Crippen LogP contribution in [0.1, 0.15) is 30.5 Å². The van der Waals surface area contributed by atoms with E-state index in [2.05, 4.69) is 5.32 Å². The molecule has 0 saturated heterocycles. The second-order valence-corrected chi connectivity index (χ2v) is 5.10.